The van der Waals surface area contributed by atoms with Gasteiger partial charge in [-0.15, -0.1) is 0 Å². The minimum Gasteiger partial charge on any atom is -0.456 e. The van der Waals surface area contributed by atoms with E-state index in [1.807, 2.05) is 0 Å². The van der Waals surface area contributed by atoms with E-state index in [0.29, 0.717) is 0 Å². The minimum atomic E-state index is 0.882. The molecule has 0 bridgehead atoms. The van der Waals surface area contributed by atoms with Gasteiger partial charge in [0.25, 0.3) is 0 Å². The van der Waals surface area contributed by atoms with Gasteiger partial charge in [0.05, 0.1) is 22.1 Å². The fraction of sp³-hybridized carbons (Fsp3) is 0.0741. The lowest BCUT2D eigenvalue weighted by molar-refractivity contribution is 0.669. The van der Waals surface area contributed by atoms with Crippen LogP contribution in [-0.4, -0.2) is 9.13 Å². The van der Waals surface area contributed by atoms with E-state index in [-0.39, 0.29) is 0 Å². The number of hydrogen-bond donors (Lipinski definition) is 0. The highest BCUT2D eigenvalue weighted by Gasteiger charge is 2.18. The molecule has 11 aromatic rings. The van der Waals surface area contributed by atoms with E-state index in [1.165, 1.54) is 78.7 Å². The lowest BCUT2D eigenvalue weighted by Crippen LogP contribution is -1.94. The van der Waals surface area contributed by atoms with Crippen LogP contribution in [0.2, 0.25) is 0 Å². The number of furan rings is 1. The first-order valence-corrected chi connectivity index (χ1v) is 20.0. The molecule has 0 fully saturated rings. The minimum absolute atomic E-state index is 0.882. The topological polar surface area (TPSA) is 23.0 Å². The number of para-hydroxylation sites is 2. The molecule has 11 rings (SSSR count). The molecule has 0 spiro atoms. The highest BCUT2D eigenvalue weighted by molar-refractivity contribution is 6.13. The predicted octanol–water partition coefficient (Wildman–Crippen LogP) is 15.5. The van der Waals surface area contributed by atoms with E-state index in [2.05, 4.69) is 217 Å². The van der Waals surface area contributed by atoms with Crippen molar-refractivity contribution in [3.8, 4) is 33.6 Å². The Labute approximate surface area is 332 Å². The van der Waals surface area contributed by atoms with Crippen LogP contribution in [0.25, 0.3) is 99.2 Å². The first-order valence-electron chi connectivity index (χ1n) is 20.0. The number of benzene rings is 8. The molecule has 0 saturated carbocycles. The van der Waals surface area contributed by atoms with Crippen molar-refractivity contribution in [3.05, 3.63) is 194 Å². The van der Waals surface area contributed by atoms with Crippen molar-refractivity contribution in [1.29, 1.82) is 0 Å². The first kappa shape index (κ1) is 34.4. The van der Waals surface area contributed by atoms with Gasteiger partial charge in [-0.3, -0.25) is 0 Å². The highest BCUT2D eigenvalue weighted by atomic mass is 16.3. The number of rotatable bonds is 6. The zero-order valence-electron chi connectivity index (χ0n) is 32.2. The smallest absolute Gasteiger partial charge is 0.135 e. The summed E-state index contributed by atoms with van der Waals surface area (Å²) in [6, 6.07) is 65.5. The molecule has 0 radical (unpaired) electrons. The van der Waals surface area contributed by atoms with Gasteiger partial charge in [0.2, 0.25) is 0 Å². The number of hydrogen-bond acceptors (Lipinski definition) is 1. The lowest BCUT2D eigenvalue weighted by Gasteiger charge is -2.10. The molecule has 0 aliphatic rings. The Morgan fingerprint density at radius 3 is 1.28 bits per heavy atom. The van der Waals surface area contributed by atoms with Gasteiger partial charge in [-0.05, 0) is 108 Å². The molecule has 0 aliphatic heterocycles. The Morgan fingerprint density at radius 2 is 0.842 bits per heavy atom. The Morgan fingerprint density at radius 1 is 0.404 bits per heavy atom. The maximum atomic E-state index is 6.46. The third kappa shape index (κ3) is 6.00. The summed E-state index contributed by atoms with van der Waals surface area (Å²) >= 11 is 0. The molecule has 274 valence electrons. The molecule has 0 aliphatic carbocycles. The fourth-order valence-electron chi connectivity index (χ4n) is 8.49. The average molecular weight is 735 g/mol. The van der Waals surface area contributed by atoms with Gasteiger partial charge in [-0.2, -0.15) is 0 Å². The first-order chi connectivity index (χ1) is 28.2. The van der Waals surface area contributed by atoms with Crippen molar-refractivity contribution < 1.29 is 4.42 Å². The van der Waals surface area contributed by atoms with E-state index >= 15 is 0 Å². The fourth-order valence-corrected chi connectivity index (χ4v) is 8.49. The number of unbranched alkanes of at least 4 members (excludes halogenated alkanes) is 1. The molecular formula is C54H42N2O. The standard InChI is InChI=1S/C48H30N2O.C6H12/c1-3-11-31(12-4-1)33-19-23-45-39(27-33)37-15-7-9-17-43(37)49(45)35-21-25-47-41(29-35)42-30-36(22-26-48(42)51-47)50-44-18-10-8-16-38(44)40-28-34(20-24-46(40)50)32-13-5-2-6-14-32;1-3-5-6-4-2/h1-30H;3,5H,4,6H2,1-2H3/b;5-3-. The van der Waals surface area contributed by atoms with E-state index in [4.69, 9.17) is 4.42 Å². The molecule has 3 nitrogen and oxygen atoms in total. The Hall–Kier alpha value is -7.10. The summed E-state index contributed by atoms with van der Waals surface area (Å²) in [7, 11) is 0. The van der Waals surface area contributed by atoms with E-state index in [9.17, 15) is 0 Å². The maximum Gasteiger partial charge on any atom is 0.135 e. The van der Waals surface area contributed by atoms with Gasteiger partial charge < -0.3 is 13.6 Å². The van der Waals surface area contributed by atoms with Crippen LogP contribution in [0.3, 0.4) is 0 Å². The molecule has 3 heteroatoms. The van der Waals surface area contributed by atoms with Crippen molar-refractivity contribution in [2.45, 2.75) is 26.7 Å². The second-order valence-corrected chi connectivity index (χ2v) is 14.7. The van der Waals surface area contributed by atoms with Gasteiger partial charge in [0, 0.05) is 43.7 Å². The van der Waals surface area contributed by atoms with Gasteiger partial charge in [-0.25, -0.2) is 0 Å². The van der Waals surface area contributed by atoms with Crippen molar-refractivity contribution in [2.75, 3.05) is 0 Å². The van der Waals surface area contributed by atoms with Crippen LogP contribution in [0.1, 0.15) is 26.7 Å². The van der Waals surface area contributed by atoms with Crippen LogP contribution in [0.5, 0.6) is 0 Å². The van der Waals surface area contributed by atoms with E-state index in [1.54, 1.807) is 0 Å². The van der Waals surface area contributed by atoms with Crippen LogP contribution in [-0.2, 0) is 0 Å². The summed E-state index contributed by atoms with van der Waals surface area (Å²) in [4.78, 5) is 0. The number of fused-ring (bicyclic) bond motifs is 9. The van der Waals surface area contributed by atoms with Gasteiger partial charge in [-0.1, -0.05) is 135 Å². The Kier molecular flexibility index (Phi) is 8.76. The normalized spacial score (nSPS) is 11.8. The zero-order valence-corrected chi connectivity index (χ0v) is 32.2. The summed E-state index contributed by atoms with van der Waals surface area (Å²) < 4.78 is 11.2. The monoisotopic (exact) mass is 734 g/mol. The van der Waals surface area contributed by atoms with Gasteiger partial charge in [0.1, 0.15) is 11.2 Å². The highest BCUT2D eigenvalue weighted by Crippen LogP contribution is 2.39. The molecular weight excluding hydrogens is 693 g/mol. The SMILES string of the molecule is C/C=C\CCC.c1ccc(-c2ccc3c(c2)c2ccccc2n3-c2ccc3oc4ccc(-n5c6ccccc6c6cc(-c7ccccc7)ccc65)cc4c3c2)cc1. The number of nitrogens with zero attached hydrogens (tertiary/aromatic N) is 2. The second kappa shape index (κ2) is 14.5. The number of allylic oxidation sites excluding steroid dienone is 2. The van der Waals surface area contributed by atoms with E-state index < -0.39 is 0 Å². The molecule has 0 amide bonds. The van der Waals surface area contributed by atoms with E-state index in [0.717, 1.165) is 33.3 Å². The molecule has 0 N–H and O–H groups in total. The molecule has 3 heterocycles. The average Bonchev–Trinajstić information content (AvgIpc) is 3.93. The summed E-state index contributed by atoms with van der Waals surface area (Å²) in [6.07, 6.45) is 6.77. The van der Waals surface area contributed by atoms with Gasteiger partial charge >= 0.3 is 0 Å². The predicted molar refractivity (Wildman–Crippen MR) is 243 cm³/mol. The number of aromatic nitrogens is 2. The van der Waals surface area contributed by atoms with Crippen LogP contribution >= 0.6 is 0 Å². The third-order valence-corrected chi connectivity index (χ3v) is 11.2. The summed E-state index contributed by atoms with van der Waals surface area (Å²) in [6.45, 7) is 4.23. The van der Waals surface area contributed by atoms with Crippen LogP contribution < -0.4 is 0 Å². The molecule has 0 saturated heterocycles. The molecule has 0 atom stereocenters. The lowest BCUT2D eigenvalue weighted by atomic mass is 10.0. The van der Waals surface area contributed by atoms with Crippen LogP contribution in [0.4, 0.5) is 0 Å². The van der Waals surface area contributed by atoms with Gasteiger partial charge in [0.15, 0.2) is 0 Å². The largest absolute Gasteiger partial charge is 0.456 e. The van der Waals surface area contributed by atoms with Crippen LogP contribution in [0.15, 0.2) is 199 Å². The maximum absolute atomic E-state index is 6.46. The summed E-state index contributed by atoms with van der Waals surface area (Å²) in [5.41, 5.74) is 13.6. The summed E-state index contributed by atoms with van der Waals surface area (Å²) in [5, 5.41) is 7.17. The zero-order chi connectivity index (χ0) is 38.3. The third-order valence-electron chi connectivity index (χ3n) is 11.2. The Bertz CT molecular complexity index is 3040. The molecule has 8 aromatic carbocycles. The molecule has 3 aromatic heterocycles. The van der Waals surface area contributed by atoms with Crippen LogP contribution in [0, 0.1) is 0 Å². The van der Waals surface area contributed by atoms with Crippen molar-refractivity contribution >= 4 is 65.6 Å². The van der Waals surface area contributed by atoms with Crippen molar-refractivity contribution in [2.24, 2.45) is 0 Å². The quantitative estimate of drug-likeness (QED) is 0.156. The molecule has 0 unspecified atom stereocenters. The van der Waals surface area contributed by atoms with Crippen molar-refractivity contribution in [3.63, 3.8) is 0 Å². The second-order valence-electron chi connectivity index (χ2n) is 14.7. The Balaban J connectivity index is 0.000000616. The summed E-state index contributed by atoms with van der Waals surface area (Å²) in [5.74, 6) is 0. The molecule has 57 heavy (non-hydrogen) atoms. The van der Waals surface area contributed by atoms with Crippen molar-refractivity contribution in [1.82, 2.24) is 9.13 Å².